The zero-order chi connectivity index (χ0) is 17.0. The fraction of sp³-hybridized carbons (Fsp3) is 0.474. The Kier molecular flexibility index (Phi) is 4.57. The Balaban J connectivity index is 1.77. The number of aliphatic hydroxyl groups is 1. The van der Waals surface area contributed by atoms with Crippen LogP contribution in [0.15, 0.2) is 24.3 Å². The van der Waals surface area contributed by atoms with Gasteiger partial charge in [0.1, 0.15) is 6.42 Å². The molecule has 3 rings (SSSR count). The summed E-state index contributed by atoms with van der Waals surface area (Å²) in [5.41, 5.74) is 0.467. The Morgan fingerprint density at radius 1 is 1.25 bits per heavy atom. The summed E-state index contributed by atoms with van der Waals surface area (Å²) in [6, 6.07) is 9.66. The van der Waals surface area contributed by atoms with Crippen LogP contribution in [-0.4, -0.2) is 29.8 Å². The second kappa shape index (κ2) is 6.65. The normalized spacial score (nSPS) is 20.2. The van der Waals surface area contributed by atoms with Gasteiger partial charge in [0.2, 0.25) is 5.91 Å². The van der Waals surface area contributed by atoms with Gasteiger partial charge in [-0.2, -0.15) is 5.26 Å². The number of ether oxygens (including phenoxy) is 1. The maximum atomic E-state index is 11.9. The average molecular weight is 324 g/mol. The molecule has 0 spiro atoms. The van der Waals surface area contributed by atoms with Gasteiger partial charge in [0.15, 0.2) is 5.60 Å². The third-order valence-electron chi connectivity index (χ3n) is 4.63. The Hall–Kier alpha value is -2.34. The van der Waals surface area contributed by atoms with Gasteiger partial charge in [0.25, 0.3) is 0 Å². The molecule has 0 aromatic heterocycles. The largest absolute Gasteiger partial charge is 0.373 e. The highest BCUT2D eigenvalue weighted by Crippen LogP contribution is 2.38. The minimum Gasteiger partial charge on any atom is -0.373 e. The van der Waals surface area contributed by atoms with Gasteiger partial charge in [-0.25, -0.2) is 0 Å². The monoisotopic (exact) mass is 324 g/mol. The van der Waals surface area contributed by atoms with Crippen LogP contribution < -0.4 is 5.32 Å². The summed E-state index contributed by atoms with van der Waals surface area (Å²) >= 11 is 0. The zero-order valence-corrected chi connectivity index (χ0v) is 13.5. The summed E-state index contributed by atoms with van der Waals surface area (Å²) in [5, 5.41) is 21.7. The number of benzene rings is 1. The summed E-state index contributed by atoms with van der Waals surface area (Å²) in [5.74, 6) is 5.58. The molecule has 0 bridgehead atoms. The van der Waals surface area contributed by atoms with Gasteiger partial charge in [-0.05, 0) is 30.5 Å². The van der Waals surface area contributed by atoms with Crippen molar-refractivity contribution < 1.29 is 14.6 Å². The van der Waals surface area contributed by atoms with Gasteiger partial charge in [-0.1, -0.05) is 36.8 Å². The number of nitriles is 1. The molecular formula is C19H20N2O3. The first-order chi connectivity index (χ1) is 11.6. The van der Waals surface area contributed by atoms with Gasteiger partial charge in [-0.3, -0.25) is 4.79 Å². The molecule has 0 radical (unpaired) electrons. The summed E-state index contributed by atoms with van der Waals surface area (Å²) in [6.07, 6.45) is 3.76. The molecule has 1 heterocycles. The van der Waals surface area contributed by atoms with E-state index in [1.807, 2.05) is 30.3 Å². The van der Waals surface area contributed by atoms with E-state index in [-0.39, 0.29) is 31.1 Å². The van der Waals surface area contributed by atoms with E-state index in [0.29, 0.717) is 0 Å². The van der Waals surface area contributed by atoms with Crippen LogP contribution in [-0.2, 0) is 15.1 Å². The van der Waals surface area contributed by atoms with Crippen molar-refractivity contribution in [2.75, 3.05) is 13.2 Å². The molecule has 1 saturated carbocycles. The fourth-order valence-electron chi connectivity index (χ4n) is 3.28. The minimum absolute atomic E-state index is 0.119. The Morgan fingerprint density at radius 2 is 1.92 bits per heavy atom. The van der Waals surface area contributed by atoms with Crippen LogP contribution >= 0.6 is 0 Å². The van der Waals surface area contributed by atoms with E-state index >= 15 is 0 Å². The molecule has 5 nitrogen and oxygen atoms in total. The average Bonchev–Trinajstić information content (AvgIpc) is 3.01. The van der Waals surface area contributed by atoms with Crippen molar-refractivity contribution in [3.05, 3.63) is 35.4 Å². The van der Waals surface area contributed by atoms with E-state index in [4.69, 9.17) is 10.00 Å². The lowest BCUT2D eigenvalue weighted by Crippen LogP contribution is -2.48. The maximum Gasteiger partial charge on any atom is 0.234 e. The molecule has 0 atom stereocenters. The molecular weight excluding hydrogens is 304 g/mol. The van der Waals surface area contributed by atoms with Crippen LogP contribution in [0.2, 0.25) is 0 Å². The minimum atomic E-state index is -1.02. The Bertz CT molecular complexity index is 712. The summed E-state index contributed by atoms with van der Waals surface area (Å²) < 4.78 is 4.97. The van der Waals surface area contributed by atoms with Gasteiger partial charge in [0.05, 0.1) is 24.8 Å². The third-order valence-corrected chi connectivity index (χ3v) is 4.63. The highest BCUT2D eigenvalue weighted by atomic mass is 16.5. The maximum absolute atomic E-state index is 11.9. The fourth-order valence-corrected chi connectivity index (χ4v) is 3.28. The van der Waals surface area contributed by atoms with Crippen LogP contribution in [0, 0.1) is 23.2 Å². The molecule has 2 fully saturated rings. The molecule has 1 aliphatic carbocycles. The highest BCUT2D eigenvalue weighted by Gasteiger charge is 2.37. The first-order valence-corrected chi connectivity index (χ1v) is 8.17. The van der Waals surface area contributed by atoms with Gasteiger partial charge in [0, 0.05) is 5.56 Å². The number of carbonyl (C=O) groups excluding carboxylic acids is 1. The van der Waals surface area contributed by atoms with Crippen LogP contribution in [0.5, 0.6) is 0 Å². The van der Waals surface area contributed by atoms with E-state index in [9.17, 15) is 9.90 Å². The second-order valence-corrected chi connectivity index (χ2v) is 6.52. The lowest BCUT2D eigenvalue weighted by molar-refractivity contribution is -0.140. The van der Waals surface area contributed by atoms with E-state index < -0.39 is 5.60 Å². The van der Waals surface area contributed by atoms with E-state index in [2.05, 4.69) is 17.2 Å². The summed E-state index contributed by atoms with van der Waals surface area (Å²) in [7, 11) is 0. The van der Waals surface area contributed by atoms with E-state index in [1.54, 1.807) is 0 Å². The molecule has 2 N–H and O–H groups in total. The van der Waals surface area contributed by atoms with Crippen LogP contribution in [0.25, 0.3) is 0 Å². The van der Waals surface area contributed by atoms with Crippen molar-refractivity contribution >= 4 is 5.91 Å². The first kappa shape index (κ1) is 16.5. The van der Waals surface area contributed by atoms with Crippen molar-refractivity contribution in [2.45, 2.75) is 43.2 Å². The predicted octanol–water partition coefficient (Wildman–Crippen LogP) is 1.60. The molecule has 24 heavy (non-hydrogen) atoms. The van der Waals surface area contributed by atoms with Gasteiger partial charge >= 0.3 is 0 Å². The molecule has 1 aromatic carbocycles. The molecule has 1 aliphatic heterocycles. The standard InChI is InChI=1S/C19H20N2O3/c20-12-8-17(22)21-19(9-1-2-10-19)16-5-3-15(4-6-16)7-11-18(23)13-24-14-18/h3-6,23H,1-2,8-10,13-14H2,(H,21,22). The summed E-state index contributed by atoms with van der Waals surface area (Å²) in [4.78, 5) is 11.9. The number of nitrogens with zero attached hydrogens (tertiary/aromatic N) is 1. The van der Waals surface area contributed by atoms with Crippen LogP contribution in [0.1, 0.15) is 43.2 Å². The lowest BCUT2D eigenvalue weighted by atomic mass is 9.87. The quantitative estimate of drug-likeness (QED) is 0.827. The lowest BCUT2D eigenvalue weighted by Gasteiger charge is -2.31. The topological polar surface area (TPSA) is 82.4 Å². The number of nitrogens with one attached hydrogen (secondary N) is 1. The first-order valence-electron chi connectivity index (χ1n) is 8.17. The molecule has 1 aromatic rings. The van der Waals surface area contributed by atoms with Crippen LogP contribution in [0.3, 0.4) is 0 Å². The number of carbonyl (C=O) groups is 1. The van der Waals surface area contributed by atoms with E-state index in [1.165, 1.54) is 0 Å². The highest BCUT2D eigenvalue weighted by molar-refractivity contribution is 5.79. The number of rotatable bonds is 3. The van der Waals surface area contributed by atoms with Crippen molar-refractivity contribution in [3.63, 3.8) is 0 Å². The summed E-state index contributed by atoms with van der Waals surface area (Å²) in [6.45, 7) is 0.512. The van der Waals surface area contributed by atoms with Crippen molar-refractivity contribution in [1.82, 2.24) is 5.32 Å². The molecule has 1 saturated heterocycles. The molecule has 1 amide bonds. The van der Waals surface area contributed by atoms with Crippen LogP contribution in [0.4, 0.5) is 0 Å². The SMILES string of the molecule is N#CCC(=O)NC1(c2ccc(C#CC3(O)COC3)cc2)CCCC1. The van der Waals surface area contributed by atoms with Gasteiger partial charge < -0.3 is 15.2 Å². The van der Waals surface area contributed by atoms with E-state index in [0.717, 1.165) is 36.8 Å². The zero-order valence-electron chi connectivity index (χ0n) is 13.5. The third kappa shape index (κ3) is 3.43. The Morgan fingerprint density at radius 3 is 2.46 bits per heavy atom. The molecule has 5 heteroatoms. The predicted molar refractivity (Wildman–Crippen MR) is 87.6 cm³/mol. The van der Waals surface area contributed by atoms with Crippen molar-refractivity contribution in [3.8, 4) is 17.9 Å². The molecule has 0 unspecified atom stereocenters. The Labute approximate surface area is 141 Å². The smallest absolute Gasteiger partial charge is 0.234 e. The molecule has 124 valence electrons. The number of hydrogen-bond donors (Lipinski definition) is 2. The molecule has 2 aliphatic rings. The number of amides is 1. The van der Waals surface area contributed by atoms with Crippen molar-refractivity contribution in [1.29, 1.82) is 5.26 Å². The van der Waals surface area contributed by atoms with Crippen molar-refractivity contribution in [2.24, 2.45) is 0 Å². The van der Waals surface area contributed by atoms with Gasteiger partial charge in [-0.15, -0.1) is 0 Å². The number of hydrogen-bond acceptors (Lipinski definition) is 4. The second-order valence-electron chi connectivity index (χ2n) is 6.52.